The molecule has 6 aromatic carbocycles. The number of aryl methyl sites for hydroxylation is 1. The lowest BCUT2D eigenvalue weighted by molar-refractivity contribution is 0.342. The molecule has 0 fully saturated rings. The van der Waals surface area contributed by atoms with Crippen LogP contribution < -0.4 is 19.9 Å². The number of nitrogens with zero attached hydrogens (tertiary/aromatic N) is 2. The van der Waals surface area contributed by atoms with Crippen molar-refractivity contribution in [1.29, 1.82) is 0 Å². The number of anilines is 4. The fourth-order valence-corrected chi connectivity index (χ4v) is 13.9. The minimum absolute atomic E-state index is 0.151. The Bertz CT molecular complexity index is 3060. The van der Waals surface area contributed by atoms with Crippen molar-refractivity contribution in [2.24, 2.45) is 5.92 Å². The van der Waals surface area contributed by atoms with Crippen molar-refractivity contribution in [3.8, 4) is 28.0 Å². The Kier molecular flexibility index (Phi) is 6.84. The number of fused-ring (bicyclic) bond motifs is 15. The third kappa shape index (κ3) is 4.05. The molecule has 3 aliphatic carbocycles. The maximum Gasteiger partial charge on any atom is 0.332 e. The van der Waals surface area contributed by atoms with Crippen LogP contribution in [-0.2, 0) is 22.7 Å². The summed E-state index contributed by atoms with van der Waals surface area (Å²) in [5, 5.41) is 0. The first kappa shape index (κ1) is 35.7. The van der Waals surface area contributed by atoms with E-state index in [-0.39, 0.29) is 23.6 Å². The number of rotatable bonds is 4. The van der Waals surface area contributed by atoms with Crippen LogP contribution >= 0.6 is 0 Å². The summed E-state index contributed by atoms with van der Waals surface area (Å²) in [6, 6.07) is 48.7. The molecule has 7 aliphatic rings. The third-order valence-electron chi connectivity index (χ3n) is 16.4. The van der Waals surface area contributed by atoms with E-state index in [9.17, 15) is 0 Å². The molecule has 61 heavy (non-hydrogen) atoms. The van der Waals surface area contributed by atoms with Gasteiger partial charge in [-0.1, -0.05) is 137 Å². The van der Waals surface area contributed by atoms with E-state index in [1.54, 1.807) is 0 Å². The second-order valence-corrected chi connectivity index (χ2v) is 19.9. The molecule has 4 aliphatic heterocycles. The summed E-state index contributed by atoms with van der Waals surface area (Å²) in [5.41, 5.74) is 21.6. The number of ether oxygens (including phenoxy) is 1. The van der Waals surface area contributed by atoms with Crippen LogP contribution in [0.25, 0.3) is 22.3 Å². The Hall–Kier alpha value is -6.00. The highest BCUT2D eigenvalue weighted by atomic mass is 16.5. The van der Waals surface area contributed by atoms with E-state index < -0.39 is 11.0 Å². The van der Waals surface area contributed by atoms with Gasteiger partial charge in [0.1, 0.15) is 11.5 Å². The number of benzene rings is 6. The maximum absolute atomic E-state index is 7.57. The lowest BCUT2D eigenvalue weighted by Gasteiger charge is -2.65. The number of para-hydroxylation sites is 3. The Morgan fingerprint density at radius 3 is 2.21 bits per heavy atom. The van der Waals surface area contributed by atoms with Crippen molar-refractivity contribution in [3.63, 3.8) is 0 Å². The maximum atomic E-state index is 7.57. The normalized spacial score (nSPS) is 25.8. The minimum Gasteiger partial charge on any atom is -0.461 e. The average Bonchev–Trinajstić information content (AvgIpc) is 3.70. The van der Waals surface area contributed by atoms with Gasteiger partial charge in [-0.25, -0.2) is 0 Å². The fraction of sp³-hybridized carbons (Fsp3) is 0.263. The number of unbranched alkanes of at least 4 members (excludes halogenated alkanes) is 1. The van der Waals surface area contributed by atoms with Gasteiger partial charge in [-0.2, -0.15) is 0 Å². The van der Waals surface area contributed by atoms with Crippen molar-refractivity contribution < 1.29 is 4.74 Å². The largest absolute Gasteiger partial charge is 0.461 e. The van der Waals surface area contributed by atoms with Gasteiger partial charge in [-0.05, 0) is 137 Å². The SMILES string of the molecule is CCCCc1ccc2c(c1)C1(C)C=CC(C)C3=C1C1(C)C(=C4Oc5ccccc5C43C)B3c4c(cc5c(c4-c4ccccc4N3c3ccccc3)C(C)(C)c3ccccc3-5)N21. The Labute approximate surface area is 361 Å². The number of hydrogen-bond donors (Lipinski definition) is 0. The molecule has 0 N–H and O–H groups in total. The highest BCUT2D eigenvalue weighted by Crippen LogP contribution is 2.71. The van der Waals surface area contributed by atoms with Crippen LogP contribution in [0.15, 0.2) is 162 Å². The fourth-order valence-electron chi connectivity index (χ4n) is 13.9. The molecule has 0 bridgehead atoms. The highest BCUT2D eigenvalue weighted by molar-refractivity contribution is 6.88. The van der Waals surface area contributed by atoms with Crippen molar-refractivity contribution in [1.82, 2.24) is 0 Å². The Balaban J connectivity index is 1.27. The molecule has 13 rings (SSSR count). The molecule has 298 valence electrons. The Morgan fingerprint density at radius 1 is 0.689 bits per heavy atom. The molecule has 0 radical (unpaired) electrons. The van der Waals surface area contributed by atoms with Crippen LogP contribution in [0.5, 0.6) is 5.75 Å². The molecule has 6 aromatic rings. The quantitative estimate of drug-likeness (QED) is 0.131. The topological polar surface area (TPSA) is 15.7 Å². The minimum atomic E-state index is -0.575. The predicted octanol–water partition coefficient (Wildman–Crippen LogP) is 13.2. The molecule has 4 atom stereocenters. The highest BCUT2D eigenvalue weighted by Gasteiger charge is 2.69. The molecular formula is C57H51BN2O. The molecular weight excluding hydrogens is 739 g/mol. The molecule has 0 aromatic heterocycles. The third-order valence-corrected chi connectivity index (χ3v) is 16.4. The number of allylic oxidation sites excluding steroid dienone is 3. The summed E-state index contributed by atoms with van der Waals surface area (Å²) in [7, 11) is 0. The van der Waals surface area contributed by atoms with E-state index in [4.69, 9.17) is 4.74 Å². The summed E-state index contributed by atoms with van der Waals surface area (Å²) < 4.78 is 7.57. The van der Waals surface area contributed by atoms with Crippen LogP contribution in [0.3, 0.4) is 0 Å². The zero-order valence-electron chi connectivity index (χ0n) is 36.4. The molecule has 0 spiro atoms. The van der Waals surface area contributed by atoms with E-state index in [1.165, 1.54) is 108 Å². The molecule has 3 nitrogen and oxygen atoms in total. The van der Waals surface area contributed by atoms with Gasteiger partial charge < -0.3 is 14.4 Å². The van der Waals surface area contributed by atoms with Gasteiger partial charge in [0.2, 0.25) is 0 Å². The monoisotopic (exact) mass is 790 g/mol. The van der Waals surface area contributed by atoms with Crippen LogP contribution in [0.1, 0.15) is 89.1 Å². The van der Waals surface area contributed by atoms with Gasteiger partial charge in [0.05, 0.1) is 11.0 Å². The summed E-state index contributed by atoms with van der Waals surface area (Å²) in [4.78, 5) is 5.51. The first-order valence-corrected chi connectivity index (χ1v) is 22.7. The van der Waals surface area contributed by atoms with Crippen LogP contribution in [-0.4, -0.2) is 12.4 Å². The lowest BCUT2D eigenvalue weighted by Crippen LogP contribution is -2.71. The first-order chi connectivity index (χ1) is 29.5. The zero-order chi connectivity index (χ0) is 41.4. The summed E-state index contributed by atoms with van der Waals surface area (Å²) in [6.45, 7) is 17.1. The lowest BCUT2D eigenvalue weighted by atomic mass is 9.33. The first-order valence-electron chi connectivity index (χ1n) is 22.7. The molecule has 0 saturated carbocycles. The zero-order valence-corrected chi connectivity index (χ0v) is 36.4. The van der Waals surface area contributed by atoms with Gasteiger partial charge in [0.25, 0.3) is 0 Å². The predicted molar refractivity (Wildman–Crippen MR) is 253 cm³/mol. The standard InChI is InChI=1S/C57H51BN2O/c1-8-9-19-35-28-29-44-42(32-35)55(5)31-30-34(2)48-51(55)57(7)52(53-56(48,6)41-25-16-18-27-46(41)61-53)58-50-45(59(44)57)33-39-37-22-13-15-24-40(37)54(3,4)49(39)47(50)38-23-14-17-26-43(38)60(58)36-20-11-10-12-21-36/h10-18,20-34H,8-9,19H2,1-7H3. The second-order valence-electron chi connectivity index (χ2n) is 19.9. The van der Waals surface area contributed by atoms with Gasteiger partial charge in [0.15, 0.2) is 0 Å². The van der Waals surface area contributed by atoms with E-state index in [1.807, 2.05) is 0 Å². The summed E-state index contributed by atoms with van der Waals surface area (Å²) >= 11 is 0. The van der Waals surface area contributed by atoms with Crippen LogP contribution in [0, 0.1) is 5.92 Å². The van der Waals surface area contributed by atoms with Crippen LogP contribution in [0.4, 0.5) is 22.7 Å². The molecule has 4 heteroatoms. The van der Waals surface area contributed by atoms with Gasteiger partial charge in [0, 0.05) is 44.7 Å². The van der Waals surface area contributed by atoms with Crippen molar-refractivity contribution >= 4 is 35.1 Å². The summed E-state index contributed by atoms with van der Waals surface area (Å²) in [6.07, 6.45) is 8.55. The molecule has 4 heterocycles. The van der Waals surface area contributed by atoms with E-state index in [0.29, 0.717) is 0 Å². The smallest absolute Gasteiger partial charge is 0.332 e. The van der Waals surface area contributed by atoms with Crippen molar-refractivity contribution in [3.05, 3.63) is 190 Å². The van der Waals surface area contributed by atoms with Gasteiger partial charge in [-0.15, -0.1) is 0 Å². The van der Waals surface area contributed by atoms with Crippen LogP contribution in [0.2, 0.25) is 0 Å². The average molecular weight is 791 g/mol. The second kappa shape index (κ2) is 11.7. The van der Waals surface area contributed by atoms with Gasteiger partial charge in [-0.3, -0.25) is 0 Å². The summed E-state index contributed by atoms with van der Waals surface area (Å²) in [5.74, 6) is 2.30. The van der Waals surface area contributed by atoms with E-state index >= 15 is 0 Å². The van der Waals surface area contributed by atoms with Gasteiger partial charge >= 0.3 is 6.85 Å². The van der Waals surface area contributed by atoms with E-state index in [2.05, 4.69) is 198 Å². The number of hydrogen-bond acceptors (Lipinski definition) is 3. The Morgan fingerprint density at radius 2 is 1.41 bits per heavy atom. The molecule has 0 amide bonds. The van der Waals surface area contributed by atoms with Crippen molar-refractivity contribution in [2.75, 3.05) is 9.71 Å². The van der Waals surface area contributed by atoms with Crippen molar-refractivity contribution in [2.45, 2.75) is 89.5 Å². The molecule has 0 saturated heterocycles. The molecule has 4 unspecified atom stereocenters. The van der Waals surface area contributed by atoms with E-state index in [0.717, 1.165) is 17.9 Å².